The smallest absolute Gasteiger partial charge is 0.227 e. The van der Waals surface area contributed by atoms with E-state index in [2.05, 4.69) is 15.0 Å². The quantitative estimate of drug-likeness (QED) is 0.543. The van der Waals surface area contributed by atoms with Gasteiger partial charge in [0.25, 0.3) is 0 Å². The summed E-state index contributed by atoms with van der Waals surface area (Å²) in [6.07, 6.45) is 1.62. The minimum absolute atomic E-state index is 0.207. The van der Waals surface area contributed by atoms with E-state index in [9.17, 15) is 5.11 Å². The number of H-pyrrole nitrogens is 1. The third-order valence-corrected chi connectivity index (χ3v) is 3.60. The van der Waals surface area contributed by atoms with Crippen LogP contribution in [-0.2, 0) is 0 Å². The van der Waals surface area contributed by atoms with Gasteiger partial charge in [-0.15, -0.1) is 0 Å². The van der Waals surface area contributed by atoms with Gasteiger partial charge in [0.2, 0.25) is 5.95 Å². The summed E-state index contributed by atoms with van der Waals surface area (Å²) in [4.78, 5) is 11.8. The van der Waals surface area contributed by atoms with E-state index in [1.54, 1.807) is 12.3 Å². The molecule has 4 aromatic rings. The van der Waals surface area contributed by atoms with Crippen molar-refractivity contribution in [1.29, 1.82) is 0 Å². The zero-order valence-electron chi connectivity index (χ0n) is 11.7. The average molecular weight is 287 g/mol. The monoisotopic (exact) mass is 287 g/mol. The van der Waals surface area contributed by atoms with Gasteiger partial charge < -0.3 is 10.1 Å². The van der Waals surface area contributed by atoms with Gasteiger partial charge in [-0.3, -0.25) is 0 Å². The van der Waals surface area contributed by atoms with E-state index in [1.165, 1.54) is 0 Å². The number of aromatic nitrogens is 2. The maximum Gasteiger partial charge on any atom is 0.227 e. The van der Waals surface area contributed by atoms with E-state index in [-0.39, 0.29) is 5.75 Å². The molecule has 4 nitrogen and oxygen atoms in total. The van der Waals surface area contributed by atoms with E-state index in [1.807, 2.05) is 54.6 Å². The van der Waals surface area contributed by atoms with E-state index in [0.717, 1.165) is 21.8 Å². The van der Waals surface area contributed by atoms with Crippen LogP contribution in [0.1, 0.15) is 5.56 Å². The molecule has 0 spiro atoms. The number of aromatic amines is 1. The van der Waals surface area contributed by atoms with Crippen LogP contribution in [0.5, 0.6) is 5.75 Å². The number of hydrogen-bond donors (Lipinski definition) is 2. The number of hydrogen-bond acceptors (Lipinski definition) is 3. The lowest BCUT2D eigenvalue weighted by atomic mass is 10.1. The summed E-state index contributed by atoms with van der Waals surface area (Å²) in [6, 6.07) is 19.3. The van der Waals surface area contributed by atoms with Gasteiger partial charge in [-0.2, -0.15) is 0 Å². The first kappa shape index (κ1) is 12.6. The molecular weight excluding hydrogens is 274 g/mol. The van der Waals surface area contributed by atoms with Crippen molar-refractivity contribution in [1.82, 2.24) is 9.97 Å². The largest absolute Gasteiger partial charge is 0.507 e. The van der Waals surface area contributed by atoms with Crippen molar-refractivity contribution in [2.75, 3.05) is 0 Å². The molecule has 0 aliphatic heterocycles. The Bertz CT molecular complexity index is 968. The van der Waals surface area contributed by atoms with Crippen molar-refractivity contribution < 1.29 is 5.11 Å². The third kappa shape index (κ3) is 2.20. The first-order chi connectivity index (χ1) is 10.8. The Morgan fingerprint density at radius 2 is 1.68 bits per heavy atom. The van der Waals surface area contributed by atoms with Crippen molar-refractivity contribution in [2.24, 2.45) is 4.99 Å². The van der Waals surface area contributed by atoms with Crippen LogP contribution in [-0.4, -0.2) is 21.3 Å². The number of aromatic hydroxyl groups is 1. The fourth-order valence-electron chi connectivity index (χ4n) is 2.48. The molecule has 0 saturated carbocycles. The highest BCUT2D eigenvalue weighted by Crippen LogP contribution is 2.24. The Hall–Kier alpha value is -3.14. The Morgan fingerprint density at radius 1 is 0.955 bits per heavy atom. The van der Waals surface area contributed by atoms with Crippen LogP contribution in [0.4, 0.5) is 5.95 Å². The maximum atomic E-state index is 10.1. The van der Waals surface area contributed by atoms with Crippen LogP contribution in [0, 0.1) is 0 Å². The highest BCUT2D eigenvalue weighted by atomic mass is 16.3. The van der Waals surface area contributed by atoms with E-state index in [0.29, 0.717) is 11.5 Å². The number of nitrogens with one attached hydrogen (secondary N) is 1. The number of nitrogens with zero attached hydrogens (tertiary/aromatic N) is 2. The Labute approximate surface area is 126 Å². The number of phenols is 1. The van der Waals surface area contributed by atoms with Gasteiger partial charge >= 0.3 is 0 Å². The second kappa shape index (κ2) is 5.00. The third-order valence-electron chi connectivity index (χ3n) is 3.60. The summed E-state index contributed by atoms with van der Waals surface area (Å²) < 4.78 is 0. The minimum atomic E-state index is 0.207. The van der Waals surface area contributed by atoms with E-state index < -0.39 is 0 Å². The number of fused-ring (bicyclic) bond motifs is 2. The highest BCUT2D eigenvalue weighted by Gasteiger charge is 2.03. The summed E-state index contributed by atoms with van der Waals surface area (Å²) in [6.45, 7) is 0. The molecule has 4 rings (SSSR count). The molecule has 3 aromatic carbocycles. The number of phenolic OH excluding ortho intramolecular Hbond substituents is 1. The number of benzene rings is 3. The molecule has 0 aliphatic rings. The predicted octanol–water partition coefficient (Wildman–Crippen LogP) is 4.17. The second-order valence-corrected chi connectivity index (χ2v) is 5.09. The summed E-state index contributed by atoms with van der Waals surface area (Å²) in [5, 5.41) is 12.2. The van der Waals surface area contributed by atoms with Crippen molar-refractivity contribution in [3.8, 4) is 5.75 Å². The zero-order valence-corrected chi connectivity index (χ0v) is 11.7. The number of rotatable bonds is 2. The van der Waals surface area contributed by atoms with Crippen LogP contribution in [0.3, 0.4) is 0 Å². The SMILES string of the molecule is Oc1cc2ccccc2cc1/C=N/c1nc2ccccc2[nH]1. The molecule has 0 fully saturated rings. The summed E-state index contributed by atoms with van der Waals surface area (Å²) >= 11 is 0. The number of para-hydroxylation sites is 2. The Morgan fingerprint density at radius 3 is 2.50 bits per heavy atom. The molecule has 4 heteroatoms. The van der Waals surface area contributed by atoms with Crippen LogP contribution in [0.25, 0.3) is 21.8 Å². The lowest BCUT2D eigenvalue weighted by molar-refractivity contribution is 0.475. The summed E-state index contributed by atoms with van der Waals surface area (Å²) in [5.41, 5.74) is 2.48. The minimum Gasteiger partial charge on any atom is -0.507 e. The zero-order chi connectivity index (χ0) is 14.9. The maximum absolute atomic E-state index is 10.1. The van der Waals surface area contributed by atoms with Gasteiger partial charge in [-0.05, 0) is 35.0 Å². The number of imidazole rings is 1. The fraction of sp³-hybridized carbons (Fsp3) is 0. The van der Waals surface area contributed by atoms with Gasteiger partial charge in [0, 0.05) is 11.8 Å². The van der Waals surface area contributed by atoms with Gasteiger partial charge in [-0.25, -0.2) is 9.98 Å². The molecule has 1 heterocycles. The van der Waals surface area contributed by atoms with Gasteiger partial charge in [0.05, 0.1) is 11.0 Å². The lowest BCUT2D eigenvalue weighted by Gasteiger charge is -2.02. The van der Waals surface area contributed by atoms with E-state index >= 15 is 0 Å². The molecule has 0 amide bonds. The standard InChI is InChI=1S/C18H13N3O/c22-17-10-13-6-2-1-5-12(13)9-14(17)11-19-18-20-15-7-3-4-8-16(15)21-18/h1-11,22H,(H,20,21)/b19-11+. The second-order valence-electron chi connectivity index (χ2n) is 5.09. The summed E-state index contributed by atoms with van der Waals surface area (Å²) in [5.74, 6) is 0.729. The molecule has 106 valence electrons. The van der Waals surface area contributed by atoms with Gasteiger partial charge in [0.15, 0.2) is 0 Å². The predicted molar refractivity (Wildman–Crippen MR) is 89.0 cm³/mol. The van der Waals surface area contributed by atoms with Crippen molar-refractivity contribution in [2.45, 2.75) is 0 Å². The Balaban J connectivity index is 1.74. The topological polar surface area (TPSA) is 61.3 Å². The normalized spacial score (nSPS) is 11.6. The summed E-state index contributed by atoms with van der Waals surface area (Å²) in [7, 11) is 0. The van der Waals surface area contributed by atoms with Crippen molar-refractivity contribution in [3.63, 3.8) is 0 Å². The molecule has 0 bridgehead atoms. The van der Waals surface area contributed by atoms with Crippen LogP contribution >= 0.6 is 0 Å². The molecule has 0 atom stereocenters. The Kier molecular flexibility index (Phi) is 2.86. The van der Waals surface area contributed by atoms with Gasteiger partial charge in [-0.1, -0.05) is 36.4 Å². The highest BCUT2D eigenvalue weighted by molar-refractivity contribution is 5.94. The molecule has 2 N–H and O–H groups in total. The molecule has 0 radical (unpaired) electrons. The van der Waals surface area contributed by atoms with Crippen molar-refractivity contribution in [3.05, 3.63) is 66.2 Å². The van der Waals surface area contributed by atoms with Crippen LogP contribution < -0.4 is 0 Å². The molecule has 0 aliphatic carbocycles. The van der Waals surface area contributed by atoms with Crippen LogP contribution in [0.15, 0.2) is 65.7 Å². The number of aliphatic imine (C=N–C) groups is 1. The van der Waals surface area contributed by atoms with Crippen molar-refractivity contribution >= 4 is 34.0 Å². The first-order valence-corrected chi connectivity index (χ1v) is 7.00. The molecule has 0 unspecified atom stereocenters. The lowest BCUT2D eigenvalue weighted by Crippen LogP contribution is -1.84. The first-order valence-electron chi connectivity index (χ1n) is 7.00. The van der Waals surface area contributed by atoms with Gasteiger partial charge in [0.1, 0.15) is 5.75 Å². The average Bonchev–Trinajstić information content (AvgIpc) is 2.95. The molecular formula is C18H13N3O. The molecule has 22 heavy (non-hydrogen) atoms. The van der Waals surface area contributed by atoms with E-state index in [4.69, 9.17) is 0 Å². The molecule has 0 saturated heterocycles. The fourth-order valence-corrected chi connectivity index (χ4v) is 2.48. The molecule has 1 aromatic heterocycles. The van der Waals surface area contributed by atoms with Crippen LogP contribution in [0.2, 0.25) is 0 Å².